The fraction of sp³-hybridized carbons (Fsp3) is 0.235. The van der Waals surface area contributed by atoms with Gasteiger partial charge in [-0.15, -0.1) is 0 Å². The Morgan fingerprint density at radius 1 is 1.38 bits per heavy atom. The first-order valence-electron chi connectivity index (χ1n) is 7.80. The highest BCUT2D eigenvalue weighted by Gasteiger charge is 2.21. The second-order valence-corrected chi connectivity index (χ2v) is 6.29. The molecule has 6 nitrogen and oxygen atoms in total. The first-order chi connectivity index (χ1) is 11.7. The number of benzene rings is 1. The van der Waals surface area contributed by atoms with E-state index in [9.17, 15) is 4.79 Å². The number of carbonyl (C=O) groups is 1. The normalized spacial score (nSPS) is 16.6. The summed E-state index contributed by atoms with van der Waals surface area (Å²) >= 11 is 6.00. The molecule has 0 saturated carbocycles. The van der Waals surface area contributed by atoms with Crippen molar-refractivity contribution in [3.8, 4) is 5.69 Å². The Bertz CT molecular complexity index is 885. The molecule has 0 fully saturated rings. The summed E-state index contributed by atoms with van der Waals surface area (Å²) in [6, 6.07) is 7.45. The van der Waals surface area contributed by atoms with Crippen molar-refractivity contribution in [3.05, 3.63) is 65.5 Å². The highest BCUT2D eigenvalue weighted by molar-refractivity contribution is 6.30. The summed E-state index contributed by atoms with van der Waals surface area (Å²) < 4.78 is 3.74. The fourth-order valence-corrected chi connectivity index (χ4v) is 3.14. The highest BCUT2D eigenvalue weighted by atomic mass is 35.5. The van der Waals surface area contributed by atoms with E-state index in [1.807, 2.05) is 18.3 Å². The van der Waals surface area contributed by atoms with Crippen molar-refractivity contribution in [2.75, 3.05) is 0 Å². The summed E-state index contributed by atoms with van der Waals surface area (Å²) in [5.41, 5.74) is 1.36. The van der Waals surface area contributed by atoms with Crippen molar-refractivity contribution in [2.45, 2.75) is 25.4 Å². The van der Waals surface area contributed by atoms with Gasteiger partial charge in [0.2, 0.25) is 0 Å². The number of imidazole rings is 1. The van der Waals surface area contributed by atoms with Crippen LogP contribution in [0.5, 0.6) is 0 Å². The monoisotopic (exact) mass is 341 g/mol. The summed E-state index contributed by atoms with van der Waals surface area (Å²) in [6.07, 6.45) is 8.80. The Labute approximate surface area is 144 Å². The van der Waals surface area contributed by atoms with Gasteiger partial charge in [-0.2, -0.15) is 5.10 Å². The molecular weight excluding hydrogens is 326 g/mol. The number of amides is 1. The van der Waals surface area contributed by atoms with Gasteiger partial charge in [-0.05, 0) is 24.6 Å². The molecule has 1 atom stereocenters. The van der Waals surface area contributed by atoms with E-state index in [4.69, 9.17) is 11.6 Å². The van der Waals surface area contributed by atoms with Crippen molar-refractivity contribution in [1.29, 1.82) is 0 Å². The van der Waals surface area contributed by atoms with E-state index in [1.54, 1.807) is 35.4 Å². The molecule has 1 N–H and O–H groups in total. The van der Waals surface area contributed by atoms with E-state index in [-0.39, 0.29) is 11.9 Å². The number of carbonyl (C=O) groups excluding carboxylic acids is 1. The third-order valence-electron chi connectivity index (χ3n) is 4.19. The molecule has 4 rings (SSSR count). The lowest BCUT2D eigenvalue weighted by Crippen LogP contribution is -2.40. The van der Waals surface area contributed by atoms with Crippen LogP contribution in [0.4, 0.5) is 0 Å². The standard InChI is InChI=1S/C17H16ClN5O/c18-13-2-1-3-15(8-13)23-10-12(9-20-23)17(24)21-14-4-5-16-19-6-7-22(16)11-14/h1-3,6-10,14H,4-5,11H2,(H,21,24). The van der Waals surface area contributed by atoms with Gasteiger partial charge in [0.25, 0.3) is 5.91 Å². The van der Waals surface area contributed by atoms with Crippen LogP contribution in [0, 0.1) is 0 Å². The Kier molecular flexibility index (Phi) is 3.82. The first kappa shape index (κ1) is 15.0. The molecule has 0 aliphatic carbocycles. The largest absolute Gasteiger partial charge is 0.347 e. The highest BCUT2D eigenvalue weighted by Crippen LogP contribution is 2.16. The van der Waals surface area contributed by atoms with E-state index >= 15 is 0 Å². The summed E-state index contributed by atoms with van der Waals surface area (Å²) in [7, 11) is 0. The number of nitrogens with zero attached hydrogens (tertiary/aromatic N) is 4. The van der Waals surface area contributed by atoms with Gasteiger partial charge >= 0.3 is 0 Å². The zero-order valence-corrected chi connectivity index (χ0v) is 13.6. The van der Waals surface area contributed by atoms with Gasteiger partial charge in [-0.25, -0.2) is 9.67 Å². The SMILES string of the molecule is O=C(NC1CCc2nccn2C1)c1cnn(-c2cccc(Cl)c2)c1. The maximum absolute atomic E-state index is 12.5. The van der Waals surface area contributed by atoms with Crippen molar-refractivity contribution in [1.82, 2.24) is 24.6 Å². The van der Waals surface area contributed by atoms with Crippen LogP contribution in [0.3, 0.4) is 0 Å². The second kappa shape index (κ2) is 6.13. The molecule has 122 valence electrons. The number of hydrogen-bond acceptors (Lipinski definition) is 3. The number of aryl methyl sites for hydroxylation is 1. The molecule has 0 bridgehead atoms. The lowest BCUT2D eigenvalue weighted by molar-refractivity contribution is 0.0927. The number of halogens is 1. The minimum Gasteiger partial charge on any atom is -0.347 e. The molecule has 1 aliphatic rings. The molecule has 1 aliphatic heterocycles. The number of hydrogen-bond donors (Lipinski definition) is 1. The van der Waals surface area contributed by atoms with Crippen LogP contribution in [-0.4, -0.2) is 31.3 Å². The molecule has 3 aromatic rings. The molecule has 1 amide bonds. The number of aromatic nitrogens is 4. The third-order valence-corrected chi connectivity index (χ3v) is 4.42. The van der Waals surface area contributed by atoms with Crippen molar-refractivity contribution >= 4 is 17.5 Å². The fourth-order valence-electron chi connectivity index (χ4n) is 2.95. The molecule has 2 aromatic heterocycles. The predicted molar refractivity (Wildman–Crippen MR) is 90.4 cm³/mol. The molecule has 3 heterocycles. The van der Waals surface area contributed by atoms with E-state index in [1.165, 1.54) is 0 Å². The first-order valence-corrected chi connectivity index (χ1v) is 8.18. The van der Waals surface area contributed by atoms with Crippen molar-refractivity contribution in [3.63, 3.8) is 0 Å². The Balaban J connectivity index is 1.46. The summed E-state index contributed by atoms with van der Waals surface area (Å²) in [5, 5.41) is 7.96. The maximum Gasteiger partial charge on any atom is 0.254 e. The second-order valence-electron chi connectivity index (χ2n) is 5.86. The quantitative estimate of drug-likeness (QED) is 0.796. The van der Waals surface area contributed by atoms with Crippen LogP contribution >= 0.6 is 11.6 Å². The molecule has 0 saturated heterocycles. The van der Waals surface area contributed by atoms with Gasteiger partial charge in [0.15, 0.2) is 0 Å². The van der Waals surface area contributed by atoms with E-state index in [0.29, 0.717) is 10.6 Å². The van der Waals surface area contributed by atoms with Crippen LogP contribution in [0.25, 0.3) is 5.69 Å². The van der Waals surface area contributed by atoms with Gasteiger partial charge in [0, 0.05) is 42.6 Å². The van der Waals surface area contributed by atoms with Crippen LogP contribution in [-0.2, 0) is 13.0 Å². The van der Waals surface area contributed by atoms with Crippen LogP contribution < -0.4 is 5.32 Å². The van der Waals surface area contributed by atoms with Gasteiger partial charge in [0.05, 0.1) is 17.4 Å². The summed E-state index contributed by atoms with van der Waals surface area (Å²) in [6.45, 7) is 0.753. The minimum absolute atomic E-state index is 0.105. The zero-order valence-electron chi connectivity index (χ0n) is 12.9. The summed E-state index contributed by atoms with van der Waals surface area (Å²) in [5.74, 6) is 0.964. The Morgan fingerprint density at radius 3 is 3.17 bits per heavy atom. The number of fused-ring (bicyclic) bond motifs is 1. The summed E-state index contributed by atoms with van der Waals surface area (Å²) in [4.78, 5) is 16.8. The average Bonchev–Trinajstić information content (AvgIpc) is 3.24. The predicted octanol–water partition coefficient (Wildman–Crippen LogP) is 2.47. The maximum atomic E-state index is 12.5. The molecule has 24 heavy (non-hydrogen) atoms. The van der Waals surface area contributed by atoms with E-state index < -0.39 is 0 Å². The van der Waals surface area contributed by atoms with Crippen LogP contribution in [0.15, 0.2) is 49.1 Å². The topological polar surface area (TPSA) is 64.7 Å². The van der Waals surface area contributed by atoms with Crippen LogP contribution in [0.2, 0.25) is 5.02 Å². The van der Waals surface area contributed by atoms with Gasteiger partial charge < -0.3 is 9.88 Å². The van der Waals surface area contributed by atoms with Gasteiger partial charge in [-0.3, -0.25) is 4.79 Å². The Morgan fingerprint density at radius 2 is 2.29 bits per heavy atom. The smallest absolute Gasteiger partial charge is 0.254 e. The lowest BCUT2D eigenvalue weighted by atomic mass is 10.1. The van der Waals surface area contributed by atoms with Crippen molar-refractivity contribution < 1.29 is 4.79 Å². The zero-order chi connectivity index (χ0) is 16.5. The molecule has 1 aromatic carbocycles. The van der Waals surface area contributed by atoms with E-state index in [2.05, 4.69) is 20.0 Å². The lowest BCUT2D eigenvalue weighted by Gasteiger charge is -2.24. The average molecular weight is 342 g/mol. The number of rotatable bonds is 3. The molecular formula is C17H16ClN5O. The van der Waals surface area contributed by atoms with Gasteiger partial charge in [-0.1, -0.05) is 17.7 Å². The Hall–Kier alpha value is -2.60. The molecule has 0 radical (unpaired) electrons. The minimum atomic E-state index is -0.114. The molecule has 0 spiro atoms. The van der Waals surface area contributed by atoms with Crippen molar-refractivity contribution in [2.24, 2.45) is 0 Å². The third kappa shape index (κ3) is 2.92. The van der Waals surface area contributed by atoms with Crippen LogP contribution in [0.1, 0.15) is 22.6 Å². The van der Waals surface area contributed by atoms with E-state index in [0.717, 1.165) is 30.9 Å². The molecule has 7 heteroatoms. The molecule has 1 unspecified atom stereocenters. The van der Waals surface area contributed by atoms with Gasteiger partial charge in [0.1, 0.15) is 5.82 Å². The number of nitrogens with one attached hydrogen (secondary N) is 1.